The fraction of sp³-hybridized carbons (Fsp3) is 0.160. The van der Waals surface area contributed by atoms with Gasteiger partial charge in [-0.25, -0.2) is 4.79 Å². The summed E-state index contributed by atoms with van der Waals surface area (Å²) in [5.41, 5.74) is 1.29. The second kappa shape index (κ2) is 9.86. The van der Waals surface area contributed by atoms with Crippen molar-refractivity contribution in [2.75, 3.05) is 6.54 Å². The van der Waals surface area contributed by atoms with Crippen LogP contribution in [0.4, 0.5) is 0 Å². The van der Waals surface area contributed by atoms with Crippen molar-refractivity contribution >= 4 is 5.91 Å². The van der Waals surface area contributed by atoms with Crippen LogP contribution in [0.1, 0.15) is 27.3 Å². The van der Waals surface area contributed by atoms with E-state index in [2.05, 4.69) is 15.4 Å². The molecule has 0 spiro atoms. The van der Waals surface area contributed by atoms with Gasteiger partial charge in [-0.2, -0.15) is 9.78 Å². The summed E-state index contributed by atoms with van der Waals surface area (Å²) in [4.78, 5) is 43.5. The van der Waals surface area contributed by atoms with Gasteiger partial charge in [0, 0.05) is 24.9 Å². The summed E-state index contributed by atoms with van der Waals surface area (Å²) in [6.45, 7) is 2.19. The number of nitrogens with zero attached hydrogens (tertiary/aromatic N) is 4. The third-order valence-corrected chi connectivity index (χ3v) is 5.10. The summed E-state index contributed by atoms with van der Waals surface area (Å²) in [5, 5.41) is 6.87. The van der Waals surface area contributed by atoms with E-state index in [1.165, 1.54) is 0 Å². The topological polar surface area (TPSA) is 98.9 Å². The SMILES string of the molecule is Cc1cccc(-n2nc(C(=O)NCCc3ccccn3)c(=O)n(Cc3ccccc3)c2=O)c1. The normalized spacial score (nSPS) is 10.7. The van der Waals surface area contributed by atoms with Crippen LogP contribution >= 0.6 is 0 Å². The first-order valence-corrected chi connectivity index (χ1v) is 10.6. The zero-order valence-corrected chi connectivity index (χ0v) is 18.1. The van der Waals surface area contributed by atoms with Gasteiger partial charge in [-0.05, 0) is 42.3 Å². The molecule has 2 aromatic heterocycles. The quantitative estimate of drug-likeness (QED) is 0.474. The molecule has 2 heterocycles. The van der Waals surface area contributed by atoms with Crippen LogP contribution < -0.4 is 16.6 Å². The van der Waals surface area contributed by atoms with Gasteiger partial charge in [0.2, 0.25) is 5.69 Å². The summed E-state index contributed by atoms with van der Waals surface area (Å²) in [6.07, 6.45) is 2.18. The minimum absolute atomic E-state index is 0.0288. The summed E-state index contributed by atoms with van der Waals surface area (Å²) < 4.78 is 2.14. The van der Waals surface area contributed by atoms with Crippen molar-refractivity contribution in [3.8, 4) is 5.69 Å². The molecular formula is C25H23N5O3. The molecule has 0 bridgehead atoms. The van der Waals surface area contributed by atoms with Gasteiger partial charge in [0.1, 0.15) is 0 Å². The van der Waals surface area contributed by atoms with Gasteiger partial charge >= 0.3 is 5.69 Å². The van der Waals surface area contributed by atoms with Crippen LogP contribution in [0.2, 0.25) is 0 Å². The van der Waals surface area contributed by atoms with Crippen molar-refractivity contribution in [1.29, 1.82) is 0 Å². The first-order chi connectivity index (χ1) is 16.0. The molecule has 0 aliphatic carbocycles. The van der Waals surface area contributed by atoms with Crippen LogP contribution in [-0.4, -0.2) is 31.8 Å². The summed E-state index contributed by atoms with van der Waals surface area (Å²) in [7, 11) is 0. The molecule has 8 nitrogen and oxygen atoms in total. The fourth-order valence-corrected chi connectivity index (χ4v) is 3.42. The average Bonchev–Trinajstić information content (AvgIpc) is 2.83. The summed E-state index contributed by atoms with van der Waals surface area (Å²) >= 11 is 0. The molecule has 1 N–H and O–H groups in total. The van der Waals surface area contributed by atoms with Gasteiger partial charge in [0.15, 0.2) is 0 Å². The number of hydrogen-bond donors (Lipinski definition) is 1. The second-order valence-corrected chi connectivity index (χ2v) is 7.59. The van der Waals surface area contributed by atoms with Crippen molar-refractivity contribution < 1.29 is 4.79 Å². The van der Waals surface area contributed by atoms with E-state index in [0.29, 0.717) is 12.1 Å². The Morgan fingerprint density at radius 3 is 2.48 bits per heavy atom. The standard InChI is InChI=1S/C25H23N5O3/c1-18-8-7-12-21(16-18)30-25(33)29(17-19-9-3-2-4-10-19)24(32)22(28-30)23(31)27-15-13-20-11-5-6-14-26-20/h2-12,14,16H,13,15,17H2,1H3,(H,27,31). The third-order valence-electron chi connectivity index (χ3n) is 5.10. The Kier molecular flexibility index (Phi) is 6.54. The van der Waals surface area contributed by atoms with Gasteiger partial charge in [-0.3, -0.25) is 19.1 Å². The third kappa shape index (κ3) is 5.12. The number of benzene rings is 2. The number of carbonyl (C=O) groups excluding carboxylic acids is 1. The number of amides is 1. The smallest absolute Gasteiger partial charge is 0.350 e. The Morgan fingerprint density at radius 2 is 1.76 bits per heavy atom. The molecule has 0 fully saturated rings. The van der Waals surface area contributed by atoms with Crippen LogP contribution in [0, 0.1) is 6.92 Å². The predicted molar refractivity (Wildman–Crippen MR) is 125 cm³/mol. The molecule has 0 aliphatic rings. The largest absolute Gasteiger partial charge is 0.352 e. The zero-order chi connectivity index (χ0) is 23.2. The number of nitrogens with one attached hydrogen (secondary N) is 1. The molecule has 166 valence electrons. The highest BCUT2D eigenvalue weighted by Crippen LogP contribution is 2.07. The molecule has 33 heavy (non-hydrogen) atoms. The van der Waals surface area contributed by atoms with Gasteiger partial charge in [0.25, 0.3) is 11.5 Å². The average molecular weight is 441 g/mol. The van der Waals surface area contributed by atoms with E-state index in [1.54, 1.807) is 24.4 Å². The van der Waals surface area contributed by atoms with E-state index in [0.717, 1.165) is 26.1 Å². The first kappa shape index (κ1) is 21.9. The maximum atomic E-state index is 13.2. The van der Waals surface area contributed by atoms with Crippen LogP contribution in [0.25, 0.3) is 5.69 Å². The van der Waals surface area contributed by atoms with Crippen LogP contribution in [0.3, 0.4) is 0 Å². The number of pyridine rings is 1. The van der Waals surface area contributed by atoms with E-state index in [9.17, 15) is 14.4 Å². The van der Waals surface area contributed by atoms with Crippen molar-refractivity contribution in [3.05, 3.63) is 122 Å². The van der Waals surface area contributed by atoms with Gasteiger partial charge < -0.3 is 5.32 Å². The molecule has 0 atom stereocenters. The van der Waals surface area contributed by atoms with Crippen molar-refractivity contribution in [1.82, 2.24) is 24.6 Å². The summed E-state index contributed by atoms with van der Waals surface area (Å²) in [6, 6.07) is 21.8. The van der Waals surface area contributed by atoms with Crippen LogP contribution in [0.5, 0.6) is 0 Å². The second-order valence-electron chi connectivity index (χ2n) is 7.59. The Hall–Kier alpha value is -4.33. The van der Waals surface area contributed by atoms with Crippen molar-refractivity contribution in [2.45, 2.75) is 19.9 Å². The molecule has 0 unspecified atom stereocenters. The lowest BCUT2D eigenvalue weighted by atomic mass is 10.2. The molecule has 4 aromatic rings. The lowest BCUT2D eigenvalue weighted by Gasteiger charge is -2.13. The van der Waals surface area contributed by atoms with Crippen LogP contribution in [-0.2, 0) is 13.0 Å². The van der Waals surface area contributed by atoms with E-state index in [-0.39, 0.29) is 18.8 Å². The predicted octanol–water partition coefficient (Wildman–Crippen LogP) is 2.12. The van der Waals surface area contributed by atoms with E-state index >= 15 is 0 Å². The minimum atomic E-state index is -0.733. The molecule has 4 rings (SSSR count). The number of hydrogen-bond acceptors (Lipinski definition) is 5. The fourth-order valence-electron chi connectivity index (χ4n) is 3.42. The molecule has 1 amide bonds. The number of aryl methyl sites for hydroxylation is 1. The maximum Gasteiger partial charge on any atom is 0.352 e. The monoisotopic (exact) mass is 441 g/mol. The molecule has 0 saturated carbocycles. The molecule has 2 aromatic carbocycles. The highest BCUT2D eigenvalue weighted by atomic mass is 16.2. The lowest BCUT2D eigenvalue weighted by Crippen LogP contribution is -2.46. The molecular weight excluding hydrogens is 418 g/mol. The Labute approximate surface area is 190 Å². The van der Waals surface area contributed by atoms with Gasteiger partial charge in [0.05, 0.1) is 12.2 Å². The molecule has 8 heteroatoms. The molecule has 0 aliphatic heterocycles. The zero-order valence-electron chi connectivity index (χ0n) is 18.1. The van der Waals surface area contributed by atoms with E-state index < -0.39 is 17.2 Å². The van der Waals surface area contributed by atoms with E-state index in [4.69, 9.17) is 0 Å². The van der Waals surface area contributed by atoms with Crippen molar-refractivity contribution in [2.24, 2.45) is 0 Å². The van der Waals surface area contributed by atoms with E-state index in [1.807, 2.05) is 61.5 Å². The molecule has 0 radical (unpaired) electrons. The number of aromatic nitrogens is 4. The number of carbonyl (C=O) groups is 1. The van der Waals surface area contributed by atoms with Crippen LogP contribution in [0.15, 0.2) is 88.6 Å². The Bertz CT molecular complexity index is 1380. The Morgan fingerprint density at radius 1 is 0.970 bits per heavy atom. The summed E-state index contributed by atoms with van der Waals surface area (Å²) in [5.74, 6) is -0.640. The minimum Gasteiger partial charge on any atom is -0.350 e. The van der Waals surface area contributed by atoms with Gasteiger partial charge in [-0.1, -0.05) is 48.5 Å². The first-order valence-electron chi connectivity index (χ1n) is 10.6. The highest BCUT2D eigenvalue weighted by molar-refractivity contribution is 5.91. The maximum absolute atomic E-state index is 13.2. The van der Waals surface area contributed by atoms with Crippen molar-refractivity contribution in [3.63, 3.8) is 0 Å². The molecule has 0 saturated heterocycles. The van der Waals surface area contributed by atoms with Gasteiger partial charge in [-0.15, -0.1) is 0 Å². The highest BCUT2D eigenvalue weighted by Gasteiger charge is 2.20. The number of rotatable bonds is 7. The lowest BCUT2D eigenvalue weighted by molar-refractivity contribution is 0.0944. The Balaban J connectivity index is 1.71.